The van der Waals surface area contributed by atoms with Crippen molar-refractivity contribution in [3.05, 3.63) is 42.2 Å². The van der Waals surface area contributed by atoms with Crippen molar-refractivity contribution < 1.29 is 14.3 Å². The number of piperidine rings is 1. The van der Waals surface area contributed by atoms with E-state index in [2.05, 4.69) is 25.1 Å². The summed E-state index contributed by atoms with van der Waals surface area (Å²) in [5.41, 5.74) is 0.988. The third-order valence-electron chi connectivity index (χ3n) is 5.81. The maximum atomic E-state index is 12.7. The number of para-hydroxylation sites is 1. The summed E-state index contributed by atoms with van der Waals surface area (Å²) < 4.78 is 10.8. The summed E-state index contributed by atoms with van der Waals surface area (Å²) in [6, 6.07) is 9.82. The minimum Gasteiger partial charge on any atom is -0.496 e. The van der Waals surface area contributed by atoms with Crippen LogP contribution in [0.15, 0.2) is 36.7 Å². The molecule has 4 rings (SSSR count). The molecule has 0 saturated carbocycles. The van der Waals surface area contributed by atoms with Gasteiger partial charge in [0.1, 0.15) is 23.7 Å². The molecule has 1 aromatic heterocycles. The molecule has 1 amide bonds. The molecule has 0 atom stereocenters. The molecule has 1 aromatic carbocycles. The van der Waals surface area contributed by atoms with E-state index in [0.29, 0.717) is 6.54 Å². The second kappa shape index (κ2) is 9.75. The van der Waals surface area contributed by atoms with Crippen LogP contribution in [0, 0.1) is 5.92 Å². The van der Waals surface area contributed by atoms with E-state index < -0.39 is 0 Å². The van der Waals surface area contributed by atoms with Crippen LogP contribution in [0.25, 0.3) is 0 Å². The normalized spacial score (nSPS) is 17.6. The first-order chi connectivity index (χ1) is 14.7. The fraction of sp³-hybridized carbons (Fsp3) is 0.500. The lowest BCUT2D eigenvalue weighted by Crippen LogP contribution is -2.41. The lowest BCUT2D eigenvalue weighted by molar-refractivity contribution is -0.125. The number of nitrogens with one attached hydrogen (secondary N) is 1. The first-order valence-electron chi connectivity index (χ1n) is 10.5. The van der Waals surface area contributed by atoms with Crippen LogP contribution in [0.2, 0.25) is 0 Å². The van der Waals surface area contributed by atoms with E-state index in [-0.39, 0.29) is 11.8 Å². The molecule has 8 heteroatoms. The van der Waals surface area contributed by atoms with Gasteiger partial charge < -0.3 is 24.6 Å². The van der Waals surface area contributed by atoms with Gasteiger partial charge in [0.05, 0.1) is 20.3 Å². The highest BCUT2D eigenvalue weighted by Gasteiger charge is 2.26. The molecule has 0 unspecified atom stereocenters. The molecule has 2 saturated heterocycles. The van der Waals surface area contributed by atoms with E-state index in [4.69, 9.17) is 9.47 Å². The number of ether oxygens (including phenoxy) is 2. The number of nitrogens with zero attached hydrogens (tertiary/aromatic N) is 4. The van der Waals surface area contributed by atoms with Crippen molar-refractivity contribution in [3.8, 4) is 5.75 Å². The molecule has 160 valence electrons. The SMILES string of the molecule is COc1ccccc1CNC(=O)C1CCN(c2cc(N3CCOCC3)ncn2)CC1. The maximum Gasteiger partial charge on any atom is 0.223 e. The quantitative estimate of drug-likeness (QED) is 0.777. The lowest BCUT2D eigenvalue weighted by Gasteiger charge is -2.33. The number of amides is 1. The van der Waals surface area contributed by atoms with Crippen LogP contribution in [0.3, 0.4) is 0 Å². The van der Waals surface area contributed by atoms with Crippen LogP contribution in [0.1, 0.15) is 18.4 Å². The van der Waals surface area contributed by atoms with Crippen LogP contribution >= 0.6 is 0 Å². The third-order valence-corrected chi connectivity index (χ3v) is 5.81. The predicted molar refractivity (Wildman–Crippen MR) is 115 cm³/mol. The third kappa shape index (κ3) is 4.81. The maximum absolute atomic E-state index is 12.7. The zero-order valence-electron chi connectivity index (χ0n) is 17.4. The predicted octanol–water partition coefficient (Wildman–Crippen LogP) is 1.85. The van der Waals surface area contributed by atoms with Gasteiger partial charge in [0.25, 0.3) is 0 Å². The highest BCUT2D eigenvalue weighted by molar-refractivity contribution is 5.79. The Kier molecular flexibility index (Phi) is 6.63. The van der Waals surface area contributed by atoms with Crippen molar-refractivity contribution in [1.82, 2.24) is 15.3 Å². The molecule has 30 heavy (non-hydrogen) atoms. The number of rotatable bonds is 6. The number of hydrogen-bond acceptors (Lipinski definition) is 7. The number of hydrogen-bond donors (Lipinski definition) is 1. The van der Waals surface area contributed by atoms with Crippen LogP contribution in [0.5, 0.6) is 5.75 Å². The van der Waals surface area contributed by atoms with Crippen molar-refractivity contribution in [2.75, 3.05) is 56.3 Å². The largest absolute Gasteiger partial charge is 0.496 e. The van der Waals surface area contributed by atoms with Gasteiger partial charge in [-0.1, -0.05) is 18.2 Å². The Bertz CT molecular complexity index is 848. The molecule has 2 fully saturated rings. The van der Waals surface area contributed by atoms with Gasteiger partial charge in [-0.25, -0.2) is 9.97 Å². The number of anilines is 2. The van der Waals surface area contributed by atoms with E-state index >= 15 is 0 Å². The summed E-state index contributed by atoms with van der Waals surface area (Å²) in [5, 5.41) is 3.07. The summed E-state index contributed by atoms with van der Waals surface area (Å²) >= 11 is 0. The first-order valence-corrected chi connectivity index (χ1v) is 10.5. The highest BCUT2D eigenvalue weighted by Crippen LogP contribution is 2.25. The van der Waals surface area contributed by atoms with Crippen LogP contribution in [-0.4, -0.2) is 62.4 Å². The topological polar surface area (TPSA) is 79.8 Å². The van der Waals surface area contributed by atoms with E-state index in [1.807, 2.05) is 30.3 Å². The number of carbonyl (C=O) groups is 1. The van der Waals surface area contributed by atoms with E-state index in [1.54, 1.807) is 13.4 Å². The number of aromatic nitrogens is 2. The Balaban J connectivity index is 1.30. The fourth-order valence-electron chi connectivity index (χ4n) is 4.02. The van der Waals surface area contributed by atoms with E-state index in [0.717, 1.165) is 75.2 Å². The van der Waals surface area contributed by atoms with Crippen molar-refractivity contribution in [3.63, 3.8) is 0 Å². The second-order valence-corrected chi connectivity index (χ2v) is 7.62. The molecular formula is C22H29N5O3. The number of methoxy groups -OCH3 is 1. The van der Waals surface area contributed by atoms with Gasteiger partial charge in [0.15, 0.2) is 0 Å². The summed E-state index contributed by atoms with van der Waals surface area (Å²) in [4.78, 5) is 26.0. The molecule has 1 N–H and O–H groups in total. The minimum absolute atomic E-state index is 0.0245. The Morgan fingerprint density at radius 3 is 2.47 bits per heavy atom. The van der Waals surface area contributed by atoms with Gasteiger partial charge in [0.2, 0.25) is 5.91 Å². The van der Waals surface area contributed by atoms with Gasteiger partial charge in [-0.15, -0.1) is 0 Å². The fourth-order valence-corrected chi connectivity index (χ4v) is 4.02. The summed E-state index contributed by atoms with van der Waals surface area (Å²) in [6.45, 7) is 5.27. The van der Waals surface area contributed by atoms with Crippen molar-refractivity contribution in [2.24, 2.45) is 5.92 Å². The second-order valence-electron chi connectivity index (χ2n) is 7.62. The van der Waals surface area contributed by atoms with Gasteiger partial charge in [0, 0.05) is 50.3 Å². The van der Waals surface area contributed by atoms with Crippen LogP contribution in [0.4, 0.5) is 11.6 Å². The van der Waals surface area contributed by atoms with Crippen LogP contribution < -0.4 is 19.9 Å². The summed E-state index contributed by atoms with van der Waals surface area (Å²) in [6.07, 6.45) is 3.26. The molecule has 2 aromatic rings. The lowest BCUT2D eigenvalue weighted by atomic mass is 9.96. The van der Waals surface area contributed by atoms with Gasteiger partial charge in [-0.3, -0.25) is 4.79 Å². The van der Waals surface area contributed by atoms with Gasteiger partial charge >= 0.3 is 0 Å². The average molecular weight is 412 g/mol. The molecule has 2 aliphatic heterocycles. The zero-order chi connectivity index (χ0) is 20.8. The van der Waals surface area contributed by atoms with E-state index in [1.165, 1.54) is 0 Å². The Hall–Kier alpha value is -2.87. The molecule has 3 heterocycles. The van der Waals surface area contributed by atoms with Crippen molar-refractivity contribution in [2.45, 2.75) is 19.4 Å². The standard InChI is InChI=1S/C22H29N5O3/c1-29-19-5-3-2-4-18(19)15-23-22(28)17-6-8-26(9-7-17)20-14-21(25-16-24-20)27-10-12-30-13-11-27/h2-5,14,16-17H,6-13,15H2,1H3,(H,23,28). The van der Waals surface area contributed by atoms with E-state index in [9.17, 15) is 4.79 Å². The molecule has 0 bridgehead atoms. The molecule has 0 spiro atoms. The minimum atomic E-state index is 0.0245. The Morgan fingerprint density at radius 2 is 1.77 bits per heavy atom. The van der Waals surface area contributed by atoms with Gasteiger partial charge in [-0.2, -0.15) is 0 Å². The smallest absolute Gasteiger partial charge is 0.223 e. The summed E-state index contributed by atoms with van der Waals surface area (Å²) in [5.74, 6) is 2.81. The van der Waals surface area contributed by atoms with Crippen molar-refractivity contribution >= 4 is 17.5 Å². The monoisotopic (exact) mass is 411 g/mol. The summed E-state index contributed by atoms with van der Waals surface area (Å²) in [7, 11) is 1.65. The zero-order valence-corrected chi connectivity index (χ0v) is 17.4. The molecule has 0 aliphatic carbocycles. The number of carbonyl (C=O) groups excluding carboxylic acids is 1. The Labute approximate surface area is 177 Å². The van der Waals surface area contributed by atoms with Gasteiger partial charge in [-0.05, 0) is 18.9 Å². The molecule has 2 aliphatic rings. The molecule has 0 radical (unpaired) electrons. The highest BCUT2D eigenvalue weighted by atomic mass is 16.5. The van der Waals surface area contributed by atoms with Crippen molar-refractivity contribution in [1.29, 1.82) is 0 Å². The van der Waals surface area contributed by atoms with Crippen LogP contribution in [-0.2, 0) is 16.1 Å². The molecule has 8 nitrogen and oxygen atoms in total. The number of benzene rings is 1. The first kappa shape index (κ1) is 20.4. The Morgan fingerprint density at radius 1 is 1.10 bits per heavy atom. The average Bonchev–Trinajstić information content (AvgIpc) is 2.83. The molecular weight excluding hydrogens is 382 g/mol. The number of morpholine rings is 1.